The molecule has 0 saturated heterocycles. The average Bonchev–Trinajstić information content (AvgIpc) is 2.78. The summed E-state index contributed by atoms with van der Waals surface area (Å²) >= 11 is 3.55. The lowest BCUT2D eigenvalue weighted by Gasteiger charge is -2.20. The quantitative estimate of drug-likeness (QED) is 0.630. The zero-order chi connectivity index (χ0) is 15.0. The van der Waals surface area contributed by atoms with Crippen molar-refractivity contribution >= 4 is 27.0 Å². The molecule has 0 spiro atoms. The van der Waals surface area contributed by atoms with Crippen molar-refractivity contribution in [2.45, 2.75) is 32.7 Å². The Kier molecular flexibility index (Phi) is 3.62. The summed E-state index contributed by atoms with van der Waals surface area (Å²) in [4.78, 5) is 4.85. The molecule has 0 radical (unpaired) electrons. The predicted molar refractivity (Wildman–Crippen MR) is 91.7 cm³/mol. The van der Waals surface area contributed by atoms with Crippen LogP contribution in [0.15, 0.2) is 53.0 Å². The second-order valence-electron chi connectivity index (χ2n) is 6.39. The van der Waals surface area contributed by atoms with Crippen LogP contribution in [0.25, 0.3) is 11.0 Å². The molecule has 2 nitrogen and oxygen atoms in total. The van der Waals surface area contributed by atoms with Gasteiger partial charge in [0.05, 0.1) is 11.0 Å². The molecule has 0 atom stereocenters. The number of aromatic nitrogens is 2. The first-order valence-electron chi connectivity index (χ1n) is 7.15. The number of nitrogens with zero attached hydrogens (tertiary/aromatic N) is 2. The first kappa shape index (κ1) is 14.3. The molecule has 3 rings (SSSR count). The molecule has 1 heterocycles. The van der Waals surface area contributed by atoms with Gasteiger partial charge in [-0.15, -0.1) is 0 Å². The van der Waals surface area contributed by atoms with Gasteiger partial charge in [-0.1, -0.05) is 61.0 Å². The van der Waals surface area contributed by atoms with Crippen molar-refractivity contribution in [3.05, 3.63) is 64.4 Å². The van der Waals surface area contributed by atoms with Gasteiger partial charge in [0.1, 0.15) is 5.82 Å². The maximum absolute atomic E-state index is 4.85. The molecule has 1 aromatic heterocycles. The van der Waals surface area contributed by atoms with Gasteiger partial charge in [0.2, 0.25) is 0 Å². The largest absolute Gasteiger partial charge is 0.323 e. The normalized spacial score (nSPS) is 12.0. The molecular weight excluding hydrogens is 324 g/mol. The van der Waals surface area contributed by atoms with Gasteiger partial charge in [-0.05, 0) is 29.8 Å². The minimum absolute atomic E-state index is 0.0189. The van der Waals surface area contributed by atoms with Crippen molar-refractivity contribution in [3.8, 4) is 0 Å². The Morgan fingerprint density at radius 1 is 1.05 bits per heavy atom. The molecule has 0 aliphatic rings. The number of hydrogen-bond donors (Lipinski definition) is 0. The third-order valence-corrected chi connectivity index (χ3v) is 4.05. The van der Waals surface area contributed by atoms with E-state index in [2.05, 4.69) is 83.7 Å². The number of fused-ring (bicyclic) bond motifs is 1. The van der Waals surface area contributed by atoms with Gasteiger partial charge >= 0.3 is 0 Å². The minimum atomic E-state index is 0.0189. The minimum Gasteiger partial charge on any atom is -0.323 e. The summed E-state index contributed by atoms with van der Waals surface area (Å²) in [5, 5.41) is 0. The van der Waals surface area contributed by atoms with E-state index in [1.807, 2.05) is 6.07 Å². The van der Waals surface area contributed by atoms with Gasteiger partial charge in [-0.25, -0.2) is 4.98 Å². The fraction of sp³-hybridized carbons (Fsp3) is 0.278. The fourth-order valence-electron chi connectivity index (χ4n) is 2.63. The molecule has 0 saturated carbocycles. The molecular formula is C18H19BrN2. The molecule has 0 unspecified atom stereocenters. The SMILES string of the molecule is CC(C)(C)c1nc2ccccc2n1Cc1cccc(Br)c1. The van der Waals surface area contributed by atoms with Crippen LogP contribution in [0.4, 0.5) is 0 Å². The van der Waals surface area contributed by atoms with E-state index in [-0.39, 0.29) is 5.41 Å². The molecule has 0 fully saturated rings. The molecule has 0 N–H and O–H groups in total. The van der Waals surface area contributed by atoms with Crippen LogP contribution in [0, 0.1) is 0 Å². The molecule has 0 bridgehead atoms. The van der Waals surface area contributed by atoms with Crippen LogP contribution in [0.5, 0.6) is 0 Å². The molecule has 3 heteroatoms. The van der Waals surface area contributed by atoms with Gasteiger partial charge in [-0.3, -0.25) is 0 Å². The van der Waals surface area contributed by atoms with Crippen LogP contribution in [0.1, 0.15) is 32.2 Å². The van der Waals surface area contributed by atoms with Crippen molar-refractivity contribution in [1.82, 2.24) is 9.55 Å². The number of rotatable bonds is 2. The Morgan fingerprint density at radius 2 is 1.81 bits per heavy atom. The molecule has 0 aliphatic carbocycles. The van der Waals surface area contributed by atoms with E-state index in [0.29, 0.717) is 0 Å². The summed E-state index contributed by atoms with van der Waals surface area (Å²) in [6.07, 6.45) is 0. The second kappa shape index (κ2) is 5.30. The molecule has 0 aliphatic heterocycles. The number of imidazole rings is 1. The van der Waals surface area contributed by atoms with E-state index in [9.17, 15) is 0 Å². The van der Waals surface area contributed by atoms with Crippen molar-refractivity contribution in [1.29, 1.82) is 0 Å². The summed E-state index contributed by atoms with van der Waals surface area (Å²) in [5.41, 5.74) is 3.56. The van der Waals surface area contributed by atoms with E-state index in [4.69, 9.17) is 4.98 Å². The van der Waals surface area contributed by atoms with E-state index in [1.165, 1.54) is 11.1 Å². The molecule has 0 amide bonds. The van der Waals surface area contributed by atoms with Crippen LogP contribution < -0.4 is 0 Å². The molecule has 3 aromatic rings. The summed E-state index contributed by atoms with van der Waals surface area (Å²) in [6, 6.07) is 16.8. The number of hydrogen-bond acceptors (Lipinski definition) is 1. The third-order valence-electron chi connectivity index (χ3n) is 3.56. The van der Waals surface area contributed by atoms with E-state index < -0.39 is 0 Å². The van der Waals surface area contributed by atoms with Gasteiger partial charge in [0.25, 0.3) is 0 Å². The maximum atomic E-state index is 4.85. The summed E-state index contributed by atoms with van der Waals surface area (Å²) < 4.78 is 3.44. The zero-order valence-corrected chi connectivity index (χ0v) is 14.2. The Labute approximate surface area is 134 Å². The highest BCUT2D eigenvalue weighted by Gasteiger charge is 2.22. The number of benzene rings is 2. The van der Waals surface area contributed by atoms with Gasteiger partial charge in [0, 0.05) is 16.4 Å². The number of halogens is 1. The Morgan fingerprint density at radius 3 is 2.52 bits per heavy atom. The fourth-order valence-corrected chi connectivity index (χ4v) is 3.07. The average molecular weight is 343 g/mol. The standard InChI is InChI=1S/C18H19BrN2/c1-18(2,3)17-20-15-9-4-5-10-16(15)21(17)12-13-7-6-8-14(19)11-13/h4-11H,12H2,1-3H3. The topological polar surface area (TPSA) is 17.8 Å². The molecule has 108 valence electrons. The van der Waals surface area contributed by atoms with Crippen molar-refractivity contribution < 1.29 is 0 Å². The highest BCUT2D eigenvalue weighted by molar-refractivity contribution is 9.10. The second-order valence-corrected chi connectivity index (χ2v) is 7.31. The van der Waals surface area contributed by atoms with Crippen molar-refractivity contribution in [2.75, 3.05) is 0 Å². The van der Waals surface area contributed by atoms with Crippen LogP contribution >= 0.6 is 15.9 Å². The lowest BCUT2D eigenvalue weighted by molar-refractivity contribution is 0.516. The lowest BCUT2D eigenvalue weighted by atomic mass is 9.95. The number of para-hydroxylation sites is 2. The van der Waals surface area contributed by atoms with Gasteiger partial charge in [-0.2, -0.15) is 0 Å². The lowest BCUT2D eigenvalue weighted by Crippen LogP contribution is -2.19. The highest BCUT2D eigenvalue weighted by Crippen LogP contribution is 2.27. The van der Waals surface area contributed by atoms with E-state index >= 15 is 0 Å². The summed E-state index contributed by atoms with van der Waals surface area (Å²) in [5.74, 6) is 1.13. The predicted octanol–water partition coefficient (Wildman–Crippen LogP) is 5.14. The Bertz CT molecular complexity index is 781. The first-order valence-corrected chi connectivity index (χ1v) is 7.94. The Balaban J connectivity index is 2.15. The third kappa shape index (κ3) is 2.88. The maximum Gasteiger partial charge on any atom is 0.115 e. The Hall–Kier alpha value is -1.61. The van der Waals surface area contributed by atoms with Gasteiger partial charge in [0.15, 0.2) is 0 Å². The molecule has 21 heavy (non-hydrogen) atoms. The van der Waals surface area contributed by atoms with Gasteiger partial charge < -0.3 is 4.57 Å². The summed E-state index contributed by atoms with van der Waals surface area (Å²) in [7, 11) is 0. The monoisotopic (exact) mass is 342 g/mol. The van der Waals surface area contributed by atoms with Crippen LogP contribution in [-0.4, -0.2) is 9.55 Å². The highest BCUT2D eigenvalue weighted by atomic mass is 79.9. The van der Waals surface area contributed by atoms with Crippen LogP contribution in [0.2, 0.25) is 0 Å². The van der Waals surface area contributed by atoms with Crippen molar-refractivity contribution in [2.24, 2.45) is 0 Å². The van der Waals surface area contributed by atoms with Crippen LogP contribution in [0.3, 0.4) is 0 Å². The van der Waals surface area contributed by atoms with Crippen molar-refractivity contribution in [3.63, 3.8) is 0 Å². The van der Waals surface area contributed by atoms with Crippen LogP contribution in [-0.2, 0) is 12.0 Å². The summed E-state index contributed by atoms with van der Waals surface area (Å²) in [6.45, 7) is 7.48. The molecule has 2 aromatic carbocycles. The van der Waals surface area contributed by atoms with E-state index in [0.717, 1.165) is 22.4 Å². The smallest absolute Gasteiger partial charge is 0.115 e. The first-order chi connectivity index (χ1) is 9.95. The van der Waals surface area contributed by atoms with E-state index in [1.54, 1.807) is 0 Å². The zero-order valence-electron chi connectivity index (χ0n) is 12.6.